The van der Waals surface area contributed by atoms with Crippen LogP contribution in [0.3, 0.4) is 0 Å². The summed E-state index contributed by atoms with van der Waals surface area (Å²) in [6, 6.07) is 19.2. The topological polar surface area (TPSA) is 23.6 Å². The number of halogens is 1. The smallest absolute Gasteiger partial charge is 0.184 e. The first-order valence-corrected chi connectivity index (χ1v) is 8.87. The molecular weight excluding hydrogens is 320 g/mol. The normalized spacial score (nSPS) is 23.3. The molecule has 3 unspecified atom stereocenters. The van der Waals surface area contributed by atoms with Gasteiger partial charge in [-0.25, -0.2) is 0 Å². The van der Waals surface area contributed by atoms with Crippen LogP contribution in [-0.2, 0) is 0 Å². The number of alkyl halides is 1. The lowest BCUT2D eigenvalue weighted by Gasteiger charge is -2.32. The molecule has 0 N–H and O–H groups in total. The number of likely N-dealkylation sites (N-methyl/N-ethyl adjacent to an activating group) is 1. The van der Waals surface area contributed by atoms with E-state index in [0.29, 0.717) is 6.54 Å². The summed E-state index contributed by atoms with van der Waals surface area (Å²) in [5.41, 5.74) is 1.68. The predicted molar refractivity (Wildman–Crippen MR) is 98.1 cm³/mol. The average Bonchev–Trinajstić information content (AvgIpc) is 2.90. The minimum absolute atomic E-state index is 0.0696. The zero-order valence-corrected chi connectivity index (χ0v) is 14.9. The molecule has 3 atom stereocenters. The number of Topliss-reactive ketones (excluding diaryl/α,β-unsaturated/α-hetero) is 1. The van der Waals surface area contributed by atoms with Crippen molar-refractivity contribution < 1.29 is 4.79 Å². The highest BCUT2D eigenvalue weighted by molar-refractivity contribution is 6.20. The highest BCUT2D eigenvalue weighted by Gasteiger charge is 2.41. The maximum atomic E-state index is 13.3. The Kier molecular flexibility index (Phi) is 5.34. The molecule has 126 valence electrons. The van der Waals surface area contributed by atoms with E-state index in [2.05, 4.69) is 23.6 Å². The molecule has 0 bridgehead atoms. The molecule has 0 saturated carbocycles. The monoisotopic (exact) mass is 342 g/mol. The van der Waals surface area contributed by atoms with Crippen LogP contribution in [0.4, 0.5) is 0 Å². The molecule has 4 heteroatoms. The van der Waals surface area contributed by atoms with E-state index in [9.17, 15) is 4.79 Å². The van der Waals surface area contributed by atoms with Gasteiger partial charge < -0.3 is 0 Å². The number of benzene rings is 2. The lowest BCUT2D eigenvalue weighted by Crippen LogP contribution is -2.41. The van der Waals surface area contributed by atoms with Gasteiger partial charge in [-0.3, -0.25) is 14.6 Å². The Morgan fingerprint density at radius 1 is 1.12 bits per heavy atom. The van der Waals surface area contributed by atoms with Crippen LogP contribution in [0.25, 0.3) is 0 Å². The van der Waals surface area contributed by atoms with Gasteiger partial charge in [0.2, 0.25) is 0 Å². The van der Waals surface area contributed by atoms with E-state index in [1.54, 1.807) is 0 Å². The summed E-state index contributed by atoms with van der Waals surface area (Å²) >= 11 is 6.52. The molecule has 0 spiro atoms. The number of hydrogen-bond acceptors (Lipinski definition) is 3. The van der Waals surface area contributed by atoms with Gasteiger partial charge >= 0.3 is 0 Å². The first-order valence-electron chi connectivity index (χ1n) is 8.43. The molecule has 3 nitrogen and oxygen atoms in total. The Bertz CT molecular complexity index is 677. The van der Waals surface area contributed by atoms with Crippen molar-refractivity contribution in [1.29, 1.82) is 0 Å². The summed E-state index contributed by atoms with van der Waals surface area (Å²) in [4.78, 5) is 17.7. The Morgan fingerprint density at radius 3 is 2.25 bits per heavy atom. The molecular formula is C20H23ClN2O. The van der Waals surface area contributed by atoms with Crippen molar-refractivity contribution in [3.05, 3.63) is 71.8 Å². The molecule has 0 radical (unpaired) electrons. The Balaban J connectivity index is 1.99. The third kappa shape index (κ3) is 3.25. The zero-order valence-electron chi connectivity index (χ0n) is 14.1. The fraction of sp³-hybridized carbons (Fsp3) is 0.350. The van der Waals surface area contributed by atoms with Gasteiger partial charge in [-0.2, -0.15) is 0 Å². The fourth-order valence-corrected chi connectivity index (χ4v) is 3.99. The van der Waals surface area contributed by atoms with Crippen molar-refractivity contribution in [2.75, 3.05) is 13.1 Å². The van der Waals surface area contributed by atoms with Gasteiger partial charge in [-0.15, -0.1) is 11.6 Å². The fourth-order valence-electron chi connectivity index (χ4n) is 3.53. The standard InChI is InChI=1S/C20H23ClN2O/c1-3-22-15(2)23(14-18(22)21)19(16-10-6-4-7-11-16)20(24)17-12-8-5-9-13-17/h4-13,15,18-19H,3,14H2,1-2H3. The van der Waals surface area contributed by atoms with Crippen LogP contribution in [0.2, 0.25) is 0 Å². The number of nitrogens with zero attached hydrogens (tertiary/aromatic N) is 2. The highest BCUT2D eigenvalue weighted by Crippen LogP contribution is 2.34. The Labute approximate surface area is 148 Å². The number of rotatable bonds is 5. The van der Waals surface area contributed by atoms with Gasteiger partial charge in [0.1, 0.15) is 6.04 Å². The maximum absolute atomic E-state index is 13.3. The van der Waals surface area contributed by atoms with Crippen molar-refractivity contribution in [3.8, 4) is 0 Å². The molecule has 2 aromatic rings. The van der Waals surface area contributed by atoms with Crippen LogP contribution >= 0.6 is 11.6 Å². The van der Waals surface area contributed by atoms with Crippen LogP contribution < -0.4 is 0 Å². The van der Waals surface area contributed by atoms with Crippen LogP contribution in [-0.4, -0.2) is 40.3 Å². The number of ketones is 1. The number of hydrogen-bond donors (Lipinski definition) is 0. The molecule has 1 aliphatic rings. The zero-order chi connectivity index (χ0) is 17.1. The molecule has 2 aromatic carbocycles. The van der Waals surface area contributed by atoms with E-state index < -0.39 is 0 Å². The Morgan fingerprint density at radius 2 is 1.71 bits per heavy atom. The van der Waals surface area contributed by atoms with Gasteiger partial charge in [0.15, 0.2) is 5.78 Å². The molecule has 0 aromatic heterocycles. The molecule has 1 fully saturated rings. The van der Waals surface area contributed by atoms with E-state index >= 15 is 0 Å². The van der Waals surface area contributed by atoms with E-state index in [4.69, 9.17) is 11.6 Å². The van der Waals surface area contributed by atoms with Gasteiger partial charge in [-0.05, 0) is 19.0 Å². The van der Waals surface area contributed by atoms with Crippen molar-refractivity contribution in [3.63, 3.8) is 0 Å². The number of carbonyl (C=O) groups is 1. The third-order valence-corrected chi connectivity index (χ3v) is 5.19. The summed E-state index contributed by atoms with van der Waals surface area (Å²) in [6.07, 6.45) is 0.121. The van der Waals surface area contributed by atoms with Crippen molar-refractivity contribution in [2.45, 2.75) is 31.6 Å². The predicted octanol–water partition coefficient (Wildman–Crippen LogP) is 4.16. The van der Waals surface area contributed by atoms with Gasteiger partial charge in [0.25, 0.3) is 0 Å². The van der Waals surface area contributed by atoms with E-state index in [0.717, 1.165) is 17.7 Å². The van der Waals surface area contributed by atoms with Gasteiger partial charge in [0.05, 0.1) is 11.7 Å². The second-order valence-electron chi connectivity index (χ2n) is 6.14. The molecule has 1 heterocycles. The van der Waals surface area contributed by atoms with E-state index in [1.807, 2.05) is 60.7 Å². The molecule has 0 amide bonds. The van der Waals surface area contributed by atoms with Crippen LogP contribution in [0.1, 0.15) is 35.8 Å². The van der Waals surface area contributed by atoms with Crippen molar-refractivity contribution >= 4 is 17.4 Å². The summed E-state index contributed by atoms with van der Waals surface area (Å²) in [5.74, 6) is 0.121. The maximum Gasteiger partial charge on any atom is 0.184 e. The molecule has 1 saturated heterocycles. The summed E-state index contributed by atoms with van der Waals surface area (Å²) in [7, 11) is 0. The average molecular weight is 343 g/mol. The first kappa shape index (κ1) is 17.2. The van der Waals surface area contributed by atoms with E-state index in [1.165, 1.54) is 0 Å². The molecule has 1 aliphatic heterocycles. The van der Waals surface area contributed by atoms with E-state index in [-0.39, 0.29) is 23.5 Å². The first-order chi connectivity index (χ1) is 11.6. The van der Waals surface area contributed by atoms with Crippen molar-refractivity contribution in [2.24, 2.45) is 0 Å². The van der Waals surface area contributed by atoms with Gasteiger partial charge in [0, 0.05) is 12.1 Å². The highest BCUT2D eigenvalue weighted by atomic mass is 35.5. The minimum atomic E-state index is -0.318. The molecule has 3 rings (SSSR count). The summed E-state index contributed by atoms with van der Waals surface area (Å²) in [6.45, 7) is 5.77. The summed E-state index contributed by atoms with van der Waals surface area (Å²) < 4.78 is 0. The molecule has 24 heavy (non-hydrogen) atoms. The van der Waals surface area contributed by atoms with Crippen LogP contribution in [0, 0.1) is 0 Å². The summed E-state index contributed by atoms with van der Waals surface area (Å²) in [5, 5.41) is 0. The number of carbonyl (C=O) groups excluding carboxylic acids is 1. The van der Waals surface area contributed by atoms with Crippen LogP contribution in [0.5, 0.6) is 0 Å². The third-order valence-electron chi connectivity index (χ3n) is 4.80. The Hall–Kier alpha value is -1.68. The lowest BCUT2D eigenvalue weighted by atomic mass is 9.96. The quantitative estimate of drug-likeness (QED) is 0.463. The largest absolute Gasteiger partial charge is 0.292 e. The van der Waals surface area contributed by atoms with Crippen molar-refractivity contribution in [1.82, 2.24) is 9.80 Å². The SMILES string of the molecule is CCN1C(Cl)CN(C(C(=O)c2ccccc2)c2ccccc2)C1C. The minimum Gasteiger partial charge on any atom is -0.292 e. The lowest BCUT2D eigenvalue weighted by molar-refractivity contribution is 0.0707. The second kappa shape index (κ2) is 7.47. The second-order valence-corrected chi connectivity index (χ2v) is 6.64. The van der Waals surface area contributed by atoms with Gasteiger partial charge in [-0.1, -0.05) is 67.6 Å². The molecule has 0 aliphatic carbocycles. The van der Waals surface area contributed by atoms with Crippen LogP contribution in [0.15, 0.2) is 60.7 Å².